The van der Waals surface area contributed by atoms with Gasteiger partial charge in [0, 0.05) is 26.2 Å². The summed E-state index contributed by atoms with van der Waals surface area (Å²) < 4.78 is 59.1. The Kier molecular flexibility index (Phi) is 6.24. The molecule has 1 N–H and O–H groups in total. The second-order valence-corrected chi connectivity index (χ2v) is 8.29. The van der Waals surface area contributed by atoms with Crippen molar-refractivity contribution in [2.75, 3.05) is 31.1 Å². The van der Waals surface area contributed by atoms with Gasteiger partial charge in [0.15, 0.2) is 5.75 Å². The van der Waals surface area contributed by atoms with Crippen LogP contribution in [0.25, 0.3) is 11.0 Å². The maximum atomic E-state index is 13.7. The van der Waals surface area contributed by atoms with Crippen LogP contribution in [-0.4, -0.2) is 47.9 Å². The van der Waals surface area contributed by atoms with Crippen LogP contribution in [0.15, 0.2) is 24.3 Å². The molecule has 4 rings (SSSR count). The van der Waals surface area contributed by atoms with Gasteiger partial charge in [0.05, 0.1) is 17.1 Å². The number of hydrogen-bond donors (Lipinski definition) is 1. The number of ether oxygens (including phenoxy) is 1. The normalized spacial score (nSPS) is 14.7. The quantitative estimate of drug-likeness (QED) is 0.338. The van der Waals surface area contributed by atoms with Crippen LogP contribution in [0.5, 0.6) is 5.75 Å². The second kappa shape index (κ2) is 8.83. The van der Waals surface area contributed by atoms with Gasteiger partial charge in [-0.25, -0.2) is 14.2 Å². The highest BCUT2D eigenvalue weighted by molar-refractivity contribution is 6.30. The summed E-state index contributed by atoms with van der Waals surface area (Å²) in [6.07, 6.45) is -5.14. The average Bonchev–Trinajstić information content (AvgIpc) is 3.11. The van der Waals surface area contributed by atoms with Crippen molar-refractivity contribution >= 4 is 34.6 Å². The van der Waals surface area contributed by atoms with Crippen molar-refractivity contribution in [3.63, 3.8) is 0 Å². The number of carbonyl (C=O) groups excluding carboxylic acids is 1. The third-order valence-corrected chi connectivity index (χ3v) is 5.93. The molecule has 0 bridgehead atoms. The number of esters is 1. The Morgan fingerprint density at radius 3 is 2.55 bits per heavy atom. The predicted molar refractivity (Wildman–Crippen MR) is 116 cm³/mol. The van der Waals surface area contributed by atoms with Gasteiger partial charge in [-0.3, -0.25) is 0 Å². The van der Waals surface area contributed by atoms with E-state index in [1.54, 1.807) is 26.0 Å². The molecule has 0 amide bonds. The Labute approximate surface area is 192 Å². The van der Waals surface area contributed by atoms with E-state index < -0.39 is 18.0 Å². The fourth-order valence-corrected chi connectivity index (χ4v) is 4.00. The van der Waals surface area contributed by atoms with Crippen molar-refractivity contribution in [2.45, 2.75) is 26.6 Å². The fourth-order valence-electron chi connectivity index (χ4n) is 3.79. The largest absolute Gasteiger partial charge is 0.491 e. The summed E-state index contributed by atoms with van der Waals surface area (Å²) in [7, 11) is 0. The number of halogens is 5. The van der Waals surface area contributed by atoms with Gasteiger partial charge in [-0.2, -0.15) is 13.2 Å². The zero-order valence-electron chi connectivity index (χ0n) is 17.9. The summed E-state index contributed by atoms with van der Waals surface area (Å²) in [5, 5.41) is 3.21. The monoisotopic (exact) mass is 484 g/mol. The molecule has 2 heterocycles. The van der Waals surface area contributed by atoms with Gasteiger partial charge in [-0.15, -0.1) is 0 Å². The first kappa shape index (κ1) is 23.3. The van der Waals surface area contributed by atoms with Crippen LogP contribution in [0.3, 0.4) is 0 Å². The van der Waals surface area contributed by atoms with Crippen LogP contribution >= 0.6 is 11.6 Å². The number of piperazine rings is 1. The number of benzene rings is 2. The summed E-state index contributed by atoms with van der Waals surface area (Å²) in [5.41, 5.74) is 2.36. The average molecular weight is 485 g/mol. The van der Waals surface area contributed by atoms with E-state index in [1.807, 2.05) is 9.47 Å². The first-order chi connectivity index (χ1) is 15.6. The zero-order chi connectivity index (χ0) is 23.9. The molecular weight excluding hydrogens is 464 g/mol. The van der Waals surface area contributed by atoms with Crippen molar-refractivity contribution in [1.29, 1.82) is 0 Å². The number of carbonyl (C=O) groups is 1. The zero-order valence-corrected chi connectivity index (χ0v) is 18.6. The summed E-state index contributed by atoms with van der Waals surface area (Å²) >= 11 is 5.95. The molecule has 0 spiro atoms. The minimum absolute atomic E-state index is 0.0348. The van der Waals surface area contributed by atoms with Gasteiger partial charge in [0.25, 0.3) is 0 Å². The number of nitrogens with zero attached hydrogens (tertiary/aromatic N) is 3. The molecule has 0 atom stereocenters. The van der Waals surface area contributed by atoms with Crippen LogP contribution < -0.4 is 15.0 Å². The van der Waals surface area contributed by atoms with Crippen molar-refractivity contribution < 1.29 is 27.1 Å². The van der Waals surface area contributed by atoms with E-state index in [9.17, 15) is 22.4 Å². The van der Waals surface area contributed by atoms with E-state index in [4.69, 9.17) is 16.3 Å². The molecule has 2 aromatic carbocycles. The lowest BCUT2D eigenvalue weighted by molar-refractivity contribution is -0.189. The second-order valence-electron chi connectivity index (χ2n) is 7.89. The van der Waals surface area contributed by atoms with Gasteiger partial charge in [0.1, 0.15) is 11.3 Å². The van der Waals surface area contributed by atoms with E-state index in [-0.39, 0.29) is 22.8 Å². The summed E-state index contributed by atoms with van der Waals surface area (Å²) in [4.78, 5) is 18.3. The highest BCUT2D eigenvalue weighted by atomic mass is 35.5. The van der Waals surface area contributed by atoms with Crippen molar-refractivity contribution in [2.24, 2.45) is 0 Å². The highest BCUT2D eigenvalue weighted by Crippen LogP contribution is 2.36. The van der Waals surface area contributed by atoms with Gasteiger partial charge in [-0.1, -0.05) is 17.7 Å². The Morgan fingerprint density at radius 2 is 1.91 bits per heavy atom. The summed E-state index contributed by atoms with van der Waals surface area (Å²) in [6.45, 7) is 6.21. The van der Waals surface area contributed by atoms with Gasteiger partial charge < -0.3 is 19.5 Å². The Hall–Kier alpha value is -2.85. The van der Waals surface area contributed by atoms with E-state index in [0.717, 1.165) is 0 Å². The lowest BCUT2D eigenvalue weighted by atomic mass is 10.1. The maximum absolute atomic E-state index is 13.7. The number of anilines is 1. The SMILES string of the molecule is Cc1cc2c(nc(N3CCNCC3)n2Cc2ccc(F)c(Cl)c2)c(OC(=O)C(F)(F)F)c1C. The highest BCUT2D eigenvalue weighted by Gasteiger charge is 2.42. The molecule has 1 fully saturated rings. The number of alkyl halides is 3. The molecule has 1 aromatic heterocycles. The van der Waals surface area contributed by atoms with Crippen LogP contribution in [0, 0.1) is 19.7 Å². The smallest absolute Gasteiger partial charge is 0.417 e. The molecule has 0 aliphatic carbocycles. The van der Waals surface area contributed by atoms with Crippen molar-refractivity contribution in [3.05, 3.63) is 51.8 Å². The molecule has 3 aromatic rings. The number of fused-ring (bicyclic) bond motifs is 1. The Morgan fingerprint density at radius 1 is 1.21 bits per heavy atom. The third kappa shape index (κ3) is 4.63. The molecule has 176 valence electrons. The van der Waals surface area contributed by atoms with E-state index in [1.165, 1.54) is 12.1 Å². The van der Waals surface area contributed by atoms with Crippen LogP contribution in [0.4, 0.5) is 23.5 Å². The number of rotatable bonds is 4. The van der Waals surface area contributed by atoms with Gasteiger partial charge >= 0.3 is 12.1 Å². The maximum Gasteiger partial charge on any atom is 0.491 e. The van der Waals surface area contributed by atoms with Crippen LogP contribution in [-0.2, 0) is 11.3 Å². The number of imidazole rings is 1. The molecule has 11 heteroatoms. The minimum Gasteiger partial charge on any atom is -0.417 e. The topological polar surface area (TPSA) is 59.4 Å². The number of hydrogen-bond acceptors (Lipinski definition) is 5. The fraction of sp³-hybridized carbons (Fsp3) is 0.364. The number of nitrogens with one attached hydrogen (secondary N) is 1. The van der Waals surface area contributed by atoms with Crippen molar-refractivity contribution in [3.8, 4) is 5.75 Å². The van der Waals surface area contributed by atoms with E-state index in [2.05, 4.69) is 10.3 Å². The Bertz CT molecular complexity index is 1220. The third-order valence-electron chi connectivity index (χ3n) is 5.64. The minimum atomic E-state index is -5.14. The first-order valence-corrected chi connectivity index (χ1v) is 10.6. The molecule has 6 nitrogen and oxygen atoms in total. The van der Waals surface area contributed by atoms with Crippen LogP contribution in [0.1, 0.15) is 16.7 Å². The molecular formula is C22H21ClF4N4O2. The first-order valence-electron chi connectivity index (χ1n) is 10.3. The predicted octanol–water partition coefficient (Wildman–Crippen LogP) is 4.37. The molecule has 0 unspecified atom stereocenters. The Balaban J connectivity index is 1.89. The number of aryl methyl sites for hydroxylation is 1. The summed E-state index contributed by atoms with van der Waals surface area (Å²) in [5.74, 6) is -2.56. The van der Waals surface area contributed by atoms with E-state index in [0.29, 0.717) is 54.3 Å². The summed E-state index contributed by atoms with van der Waals surface area (Å²) in [6, 6.07) is 6.13. The lowest BCUT2D eigenvalue weighted by Crippen LogP contribution is -2.44. The molecule has 33 heavy (non-hydrogen) atoms. The number of aromatic nitrogens is 2. The van der Waals surface area contributed by atoms with Crippen molar-refractivity contribution in [1.82, 2.24) is 14.9 Å². The molecule has 1 aliphatic heterocycles. The van der Waals surface area contributed by atoms with E-state index >= 15 is 0 Å². The molecule has 0 radical (unpaired) electrons. The van der Waals surface area contributed by atoms with Gasteiger partial charge in [0.2, 0.25) is 5.95 Å². The standard InChI is InChI=1S/C22H21ClF4N4O2/c1-12-9-17-18(19(13(12)2)33-20(32)22(25,26)27)29-21(30-7-5-28-6-8-30)31(17)11-14-3-4-16(24)15(23)10-14/h3-4,9-10,28H,5-8,11H2,1-2H3. The van der Waals surface area contributed by atoms with Crippen LogP contribution in [0.2, 0.25) is 5.02 Å². The molecule has 1 saturated heterocycles. The lowest BCUT2D eigenvalue weighted by Gasteiger charge is -2.29. The molecule has 0 saturated carbocycles. The molecule has 1 aliphatic rings. The van der Waals surface area contributed by atoms with Gasteiger partial charge in [-0.05, 0) is 48.7 Å².